The molecular formula is C10H9ClN4O3. The average molecular weight is 269 g/mol. The number of hydrazine groups is 1. The molecule has 94 valence electrons. The summed E-state index contributed by atoms with van der Waals surface area (Å²) in [6.07, 6.45) is 0. The summed E-state index contributed by atoms with van der Waals surface area (Å²) in [5, 5.41) is 5.86. The van der Waals surface area contributed by atoms with E-state index in [-0.39, 0.29) is 6.54 Å². The fraction of sp³-hybridized carbons (Fsp3) is 0.100. The van der Waals surface area contributed by atoms with E-state index in [1.165, 1.54) is 0 Å². The van der Waals surface area contributed by atoms with E-state index in [4.69, 9.17) is 11.6 Å². The number of benzene rings is 1. The first kappa shape index (κ1) is 12.2. The Hall–Kier alpha value is -2.28. The lowest BCUT2D eigenvalue weighted by molar-refractivity contribution is -0.118. The topological polar surface area (TPSA) is 90.5 Å². The molecule has 18 heavy (non-hydrogen) atoms. The Labute approximate surface area is 107 Å². The van der Waals surface area contributed by atoms with Crippen molar-refractivity contribution in [2.45, 2.75) is 0 Å². The molecule has 3 N–H and O–H groups in total. The van der Waals surface area contributed by atoms with Gasteiger partial charge in [-0.25, -0.2) is 20.0 Å². The van der Waals surface area contributed by atoms with E-state index in [2.05, 4.69) is 10.7 Å². The van der Waals surface area contributed by atoms with E-state index in [0.717, 1.165) is 5.01 Å². The van der Waals surface area contributed by atoms with Crippen LogP contribution in [0, 0.1) is 0 Å². The monoisotopic (exact) mass is 268 g/mol. The SMILES string of the molecule is O=C1CN(NC(=O)Nc2cccc(Cl)c2)C(=O)N1. The van der Waals surface area contributed by atoms with Gasteiger partial charge in [-0.05, 0) is 18.2 Å². The van der Waals surface area contributed by atoms with Crippen LogP contribution in [0.25, 0.3) is 0 Å². The first-order valence-corrected chi connectivity index (χ1v) is 5.37. The van der Waals surface area contributed by atoms with Crippen molar-refractivity contribution in [3.8, 4) is 0 Å². The van der Waals surface area contributed by atoms with Gasteiger partial charge < -0.3 is 5.32 Å². The smallest absolute Gasteiger partial charge is 0.307 e. The molecule has 7 nitrogen and oxygen atoms in total. The third kappa shape index (κ3) is 2.89. The standard InChI is InChI=1S/C10H9ClN4O3/c11-6-2-1-3-7(4-6)12-9(17)14-15-5-8(16)13-10(15)18/h1-4H,5H2,(H2,12,14,17)(H,13,16,18). The van der Waals surface area contributed by atoms with Gasteiger partial charge in [0.25, 0.3) is 0 Å². The van der Waals surface area contributed by atoms with Crippen molar-refractivity contribution in [2.75, 3.05) is 11.9 Å². The summed E-state index contributed by atoms with van der Waals surface area (Å²) in [5.74, 6) is -0.469. The van der Waals surface area contributed by atoms with E-state index in [0.29, 0.717) is 10.7 Å². The summed E-state index contributed by atoms with van der Waals surface area (Å²) in [7, 11) is 0. The van der Waals surface area contributed by atoms with Crippen LogP contribution in [0.15, 0.2) is 24.3 Å². The minimum Gasteiger partial charge on any atom is -0.307 e. The lowest BCUT2D eigenvalue weighted by Crippen LogP contribution is -2.46. The first-order chi connectivity index (χ1) is 8.54. The molecule has 1 aliphatic heterocycles. The molecule has 0 atom stereocenters. The molecular weight excluding hydrogens is 260 g/mol. The van der Waals surface area contributed by atoms with Crippen molar-refractivity contribution in [3.63, 3.8) is 0 Å². The van der Waals surface area contributed by atoms with Crippen LogP contribution in [0.5, 0.6) is 0 Å². The van der Waals surface area contributed by atoms with E-state index < -0.39 is 18.0 Å². The maximum Gasteiger partial charge on any atom is 0.343 e. The van der Waals surface area contributed by atoms with Crippen molar-refractivity contribution < 1.29 is 14.4 Å². The number of hydrogen-bond donors (Lipinski definition) is 3. The lowest BCUT2D eigenvalue weighted by atomic mass is 10.3. The fourth-order valence-corrected chi connectivity index (χ4v) is 1.57. The van der Waals surface area contributed by atoms with Crippen molar-refractivity contribution in [1.82, 2.24) is 15.8 Å². The average Bonchev–Trinajstić information content (AvgIpc) is 2.57. The van der Waals surface area contributed by atoms with E-state index in [1.807, 2.05) is 5.32 Å². The zero-order valence-electron chi connectivity index (χ0n) is 9.07. The van der Waals surface area contributed by atoms with Crippen molar-refractivity contribution >= 4 is 35.3 Å². The molecule has 8 heteroatoms. The second-order valence-electron chi connectivity index (χ2n) is 3.52. The zero-order chi connectivity index (χ0) is 13.1. The maximum absolute atomic E-state index is 11.5. The molecule has 0 spiro atoms. The highest BCUT2D eigenvalue weighted by molar-refractivity contribution is 6.30. The van der Waals surface area contributed by atoms with Crippen molar-refractivity contribution in [3.05, 3.63) is 29.3 Å². The van der Waals surface area contributed by atoms with Crippen LogP contribution in [-0.2, 0) is 4.79 Å². The molecule has 1 aliphatic rings. The van der Waals surface area contributed by atoms with E-state index in [1.54, 1.807) is 24.3 Å². The van der Waals surface area contributed by atoms with Crippen LogP contribution < -0.4 is 16.1 Å². The lowest BCUT2D eigenvalue weighted by Gasteiger charge is -2.15. The van der Waals surface area contributed by atoms with Gasteiger partial charge >= 0.3 is 12.1 Å². The molecule has 0 aliphatic carbocycles. The number of amides is 5. The van der Waals surface area contributed by atoms with Gasteiger partial charge in [-0.15, -0.1) is 0 Å². The van der Waals surface area contributed by atoms with Gasteiger partial charge in [0.2, 0.25) is 5.91 Å². The fourth-order valence-electron chi connectivity index (χ4n) is 1.38. The summed E-state index contributed by atoms with van der Waals surface area (Å²) in [4.78, 5) is 33.6. The molecule has 0 saturated carbocycles. The number of anilines is 1. The number of nitrogens with one attached hydrogen (secondary N) is 3. The first-order valence-electron chi connectivity index (χ1n) is 4.99. The van der Waals surface area contributed by atoms with Gasteiger partial charge in [-0.3, -0.25) is 10.1 Å². The van der Waals surface area contributed by atoms with E-state index >= 15 is 0 Å². The molecule has 0 bridgehead atoms. The Balaban J connectivity index is 1.93. The number of carbonyl (C=O) groups excluding carboxylic acids is 3. The van der Waals surface area contributed by atoms with Gasteiger partial charge in [-0.1, -0.05) is 17.7 Å². The predicted octanol–water partition coefficient (Wildman–Crippen LogP) is 0.928. The summed E-state index contributed by atoms with van der Waals surface area (Å²) < 4.78 is 0. The Morgan fingerprint density at radius 3 is 2.78 bits per heavy atom. The number of hydrogen-bond acceptors (Lipinski definition) is 3. The van der Waals surface area contributed by atoms with Crippen LogP contribution in [-0.4, -0.2) is 29.5 Å². The molecule has 0 aromatic heterocycles. The Kier molecular flexibility index (Phi) is 3.33. The minimum absolute atomic E-state index is 0.207. The third-order valence-electron chi connectivity index (χ3n) is 2.11. The van der Waals surface area contributed by atoms with Crippen LogP contribution in [0.4, 0.5) is 15.3 Å². The minimum atomic E-state index is -0.666. The van der Waals surface area contributed by atoms with Crippen LogP contribution in [0.1, 0.15) is 0 Å². The third-order valence-corrected chi connectivity index (χ3v) is 2.35. The molecule has 0 unspecified atom stereocenters. The van der Waals surface area contributed by atoms with Crippen LogP contribution in [0.3, 0.4) is 0 Å². The second kappa shape index (κ2) is 4.92. The summed E-state index contributed by atoms with van der Waals surface area (Å²) in [6.45, 7) is -0.207. The number of halogens is 1. The van der Waals surface area contributed by atoms with Crippen LogP contribution in [0.2, 0.25) is 5.02 Å². The largest absolute Gasteiger partial charge is 0.343 e. The van der Waals surface area contributed by atoms with Gasteiger partial charge in [0, 0.05) is 10.7 Å². The quantitative estimate of drug-likeness (QED) is 0.697. The number of nitrogens with zero attached hydrogens (tertiary/aromatic N) is 1. The number of carbonyl (C=O) groups is 3. The highest BCUT2D eigenvalue weighted by Gasteiger charge is 2.28. The summed E-state index contributed by atoms with van der Waals surface area (Å²) in [5.41, 5.74) is 2.71. The number of rotatable bonds is 2. The molecule has 1 aromatic rings. The molecule has 1 saturated heterocycles. The number of imide groups is 1. The van der Waals surface area contributed by atoms with Crippen molar-refractivity contribution in [1.29, 1.82) is 0 Å². The Bertz CT molecular complexity index is 520. The molecule has 5 amide bonds. The highest BCUT2D eigenvalue weighted by Crippen LogP contribution is 2.14. The maximum atomic E-state index is 11.5. The second-order valence-corrected chi connectivity index (χ2v) is 3.95. The predicted molar refractivity (Wildman–Crippen MR) is 63.9 cm³/mol. The number of urea groups is 2. The molecule has 0 radical (unpaired) electrons. The van der Waals surface area contributed by atoms with Crippen LogP contribution >= 0.6 is 11.6 Å². The highest BCUT2D eigenvalue weighted by atomic mass is 35.5. The van der Waals surface area contributed by atoms with Gasteiger partial charge in [0.15, 0.2) is 0 Å². The van der Waals surface area contributed by atoms with Gasteiger partial charge in [0.1, 0.15) is 6.54 Å². The Morgan fingerprint density at radius 1 is 1.39 bits per heavy atom. The Morgan fingerprint density at radius 2 is 2.17 bits per heavy atom. The zero-order valence-corrected chi connectivity index (χ0v) is 9.82. The molecule has 2 rings (SSSR count). The molecule has 1 fully saturated rings. The van der Waals surface area contributed by atoms with E-state index in [9.17, 15) is 14.4 Å². The van der Waals surface area contributed by atoms with Gasteiger partial charge in [-0.2, -0.15) is 0 Å². The van der Waals surface area contributed by atoms with Crippen molar-refractivity contribution in [2.24, 2.45) is 0 Å². The van der Waals surface area contributed by atoms with Gasteiger partial charge in [0.05, 0.1) is 0 Å². The normalized spacial score (nSPS) is 14.4. The molecule has 1 aromatic carbocycles. The molecule has 1 heterocycles. The summed E-state index contributed by atoms with van der Waals surface area (Å²) in [6, 6.07) is 5.22. The summed E-state index contributed by atoms with van der Waals surface area (Å²) >= 11 is 5.75.